The first kappa shape index (κ1) is 8.97. The lowest BCUT2D eigenvalue weighted by atomic mass is 10.1. The van der Waals surface area contributed by atoms with Crippen LogP contribution >= 0.6 is 0 Å². The number of hydrogen-bond donors (Lipinski definition) is 2. The van der Waals surface area contributed by atoms with Crippen LogP contribution < -0.4 is 5.73 Å². The summed E-state index contributed by atoms with van der Waals surface area (Å²) >= 11 is 0. The van der Waals surface area contributed by atoms with Gasteiger partial charge < -0.3 is 10.8 Å². The minimum Gasteiger partial charge on any atom is -0.392 e. The zero-order chi connectivity index (χ0) is 8.27. The molecule has 66 valence electrons. The molecule has 0 saturated carbocycles. The van der Waals surface area contributed by atoms with E-state index in [-0.39, 0.29) is 6.10 Å². The molecule has 3 heteroatoms. The van der Waals surface area contributed by atoms with Crippen molar-refractivity contribution in [1.82, 2.24) is 4.90 Å². The summed E-state index contributed by atoms with van der Waals surface area (Å²) in [5.41, 5.74) is 5.78. The quantitative estimate of drug-likeness (QED) is 0.584. The van der Waals surface area contributed by atoms with E-state index in [1.54, 1.807) is 0 Å². The third-order valence-electron chi connectivity index (χ3n) is 2.06. The summed E-state index contributed by atoms with van der Waals surface area (Å²) < 4.78 is 0. The van der Waals surface area contributed by atoms with E-state index in [0.717, 1.165) is 26.1 Å². The molecule has 0 bridgehead atoms. The average molecular weight is 158 g/mol. The van der Waals surface area contributed by atoms with Crippen molar-refractivity contribution in [3.05, 3.63) is 0 Å². The topological polar surface area (TPSA) is 49.5 Å². The lowest BCUT2D eigenvalue weighted by molar-refractivity contribution is 0.108. The molecule has 0 aromatic heterocycles. The van der Waals surface area contributed by atoms with Gasteiger partial charge in [0.05, 0.1) is 6.10 Å². The molecule has 0 aliphatic carbocycles. The molecule has 1 aliphatic rings. The lowest BCUT2D eigenvalue weighted by Crippen LogP contribution is -2.45. The molecule has 1 heterocycles. The smallest absolute Gasteiger partial charge is 0.0639 e. The number of piperidine rings is 1. The van der Waals surface area contributed by atoms with Gasteiger partial charge in [-0.15, -0.1) is 0 Å². The highest BCUT2D eigenvalue weighted by atomic mass is 16.3. The molecule has 1 fully saturated rings. The molecule has 1 unspecified atom stereocenters. The first-order valence-corrected chi connectivity index (χ1v) is 4.34. The Balaban J connectivity index is 2.23. The first-order valence-electron chi connectivity index (χ1n) is 4.34. The molecule has 0 spiro atoms. The minimum absolute atomic E-state index is 0.222. The summed E-state index contributed by atoms with van der Waals surface area (Å²) in [6.07, 6.45) is 2.09. The standard InChI is InChI=1S/C8H18N2O/c1-7(11)5-10-4-2-3-8(9)6-10/h7-8,11H,2-6,9H2,1H3/t7-,8?/m0/s1. The van der Waals surface area contributed by atoms with Gasteiger partial charge in [-0.2, -0.15) is 0 Å². The normalized spacial score (nSPS) is 30.3. The molecular weight excluding hydrogens is 140 g/mol. The third kappa shape index (κ3) is 3.18. The highest BCUT2D eigenvalue weighted by molar-refractivity contribution is 4.75. The molecule has 3 nitrogen and oxygen atoms in total. The van der Waals surface area contributed by atoms with Crippen LogP contribution in [0.2, 0.25) is 0 Å². The minimum atomic E-state index is -0.222. The van der Waals surface area contributed by atoms with Crippen molar-refractivity contribution in [2.75, 3.05) is 19.6 Å². The van der Waals surface area contributed by atoms with Crippen LogP contribution in [0, 0.1) is 0 Å². The second-order valence-corrected chi connectivity index (χ2v) is 3.51. The summed E-state index contributed by atoms with van der Waals surface area (Å²) in [7, 11) is 0. The van der Waals surface area contributed by atoms with E-state index in [2.05, 4.69) is 4.90 Å². The molecule has 0 radical (unpaired) electrons. The van der Waals surface area contributed by atoms with Crippen molar-refractivity contribution >= 4 is 0 Å². The highest BCUT2D eigenvalue weighted by Crippen LogP contribution is 2.07. The van der Waals surface area contributed by atoms with Crippen molar-refractivity contribution in [3.8, 4) is 0 Å². The van der Waals surface area contributed by atoms with Gasteiger partial charge in [0.25, 0.3) is 0 Å². The maximum Gasteiger partial charge on any atom is 0.0639 e. The fourth-order valence-electron chi connectivity index (χ4n) is 1.63. The van der Waals surface area contributed by atoms with Gasteiger partial charge in [0.15, 0.2) is 0 Å². The van der Waals surface area contributed by atoms with E-state index in [1.807, 2.05) is 6.92 Å². The molecule has 1 aliphatic heterocycles. The number of rotatable bonds is 2. The van der Waals surface area contributed by atoms with E-state index in [0.29, 0.717) is 6.04 Å². The van der Waals surface area contributed by atoms with Gasteiger partial charge in [-0.25, -0.2) is 0 Å². The zero-order valence-corrected chi connectivity index (χ0v) is 7.16. The maximum atomic E-state index is 9.11. The molecule has 2 atom stereocenters. The van der Waals surface area contributed by atoms with Gasteiger partial charge in [-0.1, -0.05) is 0 Å². The molecule has 1 saturated heterocycles. The molecule has 11 heavy (non-hydrogen) atoms. The van der Waals surface area contributed by atoms with Crippen LogP contribution in [0.25, 0.3) is 0 Å². The van der Waals surface area contributed by atoms with Crippen molar-refractivity contribution < 1.29 is 5.11 Å². The van der Waals surface area contributed by atoms with E-state index in [1.165, 1.54) is 6.42 Å². The Morgan fingerprint density at radius 2 is 2.45 bits per heavy atom. The third-order valence-corrected chi connectivity index (χ3v) is 2.06. The van der Waals surface area contributed by atoms with Crippen LogP contribution in [0.1, 0.15) is 19.8 Å². The van der Waals surface area contributed by atoms with Gasteiger partial charge in [-0.3, -0.25) is 4.90 Å². The Morgan fingerprint density at radius 3 is 3.00 bits per heavy atom. The number of likely N-dealkylation sites (tertiary alicyclic amines) is 1. The van der Waals surface area contributed by atoms with Crippen LogP contribution in [-0.2, 0) is 0 Å². The number of aliphatic hydroxyl groups is 1. The van der Waals surface area contributed by atoms with Gasteiger partial charge in [-0.05, 0) is 26.3 Å². The summed E-state index contributed by atoms with van der Waals surface area (Å²) in [5.74, 6) is 0. The Labute approximate surface area is 68.2 Å². The Morgan fingerprint density at radius 1 is 1.73 bits per heavy atom. The van der Waals surface area contributed by atoms with E-state index >= 15 is 0 Å². The Hall–Kier alpha value is -0.120. The van der Waals surface area contributed by atoms with Crippen LogP contribution in [0.15, 0.2) is 0 Å². The molecule has 3 N–H and O–H groups in total. The van der Waals surface area contributed by atoms with Gasteiger partial charge in [0.2, 0.25) is 0 Å². The van der Waals surface area contributed by atoms with Crippen molar-refractivity contribution in [3.63, 3.8) is 0 Å². The van der Waals surface area contributed by atoms with Crippen molar-refractivity contribution in [1.29, 1.82) is 0 Å². The zero-order valence-electron chi connectivity index (χ0n) is 7.16. The number of hydrogen-bond acceptors (Lipinski definition) is 3. The predicted octanol–water partition coefficient (Wildman–Crippen LogP) is -0.210. The summed E-state index contributed by atoms with van der Waals surface area (Å²) in [4.78, 5) is 2.23. The second kappa shape index (κ2) is 4.04. The largest absolute Gasteiger partial charge is 0.392 e. The number of aliphatic hydroxyl groups excluding tert-OH is 1. The number of nitrogens with zero attached hydrogens (tertiary/aromatic N) is 1. The van der Waals surface area contributed by atoms with Crippen LogP contribution in [0.4, 0.5) is 0 Å². The average Bonchev–Trinajstić information content (AvgIpc) is 1.85. The number of nitrogens with two attached hydrogens (primary N) is 1. The van der Waals surface area contributed by atoms with Gasteiger partial charge in [0.1, 0.15) is 0 Å². The van der Waals surface area contributed by atoms with Crippen LogP contribution in [0.3, 0.4) is 0 Å². The Kier molecular flexibility index (Phi) is 3.30. The van der Waals surface area contributed by atoms with E-state index < -0.39 is 0 Å². The van der Waals surface area contributed by atoms with Crippen molar-refractivity contribution in [2.24, 2.45) is 5.73 Å². The summed E-state index contributed by atoms with van der Waals surface area (Å²) in [6, 6.07) is 0.322. The number of β-amino-alcohol motifs (C(OH)–C–C–N with tert-alkyl or cyclic N) is 1. The van der Waals surface area contributed by atoms with Gasteiger partial charge >= 0.3 is 0 Å². The maximum absolute atomic E-state index is 9.11. The van der Waals surface area contributed by atoms with Gasteiger partial charge in [0, 0.05) is 19.1 Å². The lowest BCUT2D eigenvalue weighted by Gasteiger charge is -2.31. The van der Waals surface area contributed by atoms with E-state index in [9.17, 15) is 0 Å². The Bertz CT molecular complexity index is 115. The predicted molar refractivity (Wildman–Crippen MR) is 45.3 cm³/mol. The van der Waals surface area contributed by atoms with Crippen LogP contribution in [0.5, 0.6) is 0 Å². The SMILES string of the molecule is C[C@H](O)CN1CCCC(N)C1. The monoisotopic (exact) mass is 158 g/mol. The molecule has 0 aromatic carbocycles. The fourth-order valence-corrected chi connectivity index (χ4v) is 1.63. The summed E-state index contributed by atoms with van der Waals surface area (Å²) in [5, 5.41) is 9.11. The van der Waals surface area contributed by atoms with Crippen LogP contribution in [-0.4, -0.2) is 41.8 Å². The molecular formula is C8H18N2O. The molecule has 0 aromatic rings. The molecule has 1 rings (SSSR count). The second-order valence-electron chi connectivity index (χ2n) is 3.51. The fraction of sp³-hybridized carbons (Fsp3) is 1.00. The highest BCUT2D eigenvalue weighted by Gasteiger charge is 2.16. The van der Waals surface area contributed by atoms with E-state index in [4.69, 9.17) is 10.8 Å². The first-order chi connectivity index (χ1) is 5.18. The van der Waals surface area contributed by atoms with Crippen molar-refractivity contribution in [2.45, 2.75) is 31.9 Å². The summed E-state index contributed by atoms with van der Waals surface area (Å²) in [6.45, 7) is 4.64. The molecule has 0 amide bonds.